The molecule has 1 aliphatic heterocycles. The molecule has 2 heterocycles. The molecule has 1 aliphatic rings. The molecule has 1 fully saturated rings. The summed E-state index contributed by atoms with van der Waals surface area (Å²) in [7, 11) is 3.26. The lowest BCUT2D eigenvalue weighted by Crippen LogP contribution is -2.32. The molecule has 2 N–H and O–H groups in total. The van der Waals surface area contributed by atoms with E-state index in [1.165, 1.54) is 19.5 Å². The first-order chi connectivity index (χ1) is 14.9. The van der Waals surface area contributed by atoms with Crippen molar-refractivity contribution < 1.29 is 23.8 Å². The van der Waals surface area contributed by atoms with Crippen LogP contribution in [-0.4, -0.2) is 58.8 Å². The quantitative estimate of drug-likeness (QED) is 0.591. The molecule has 4 rings (SSSR count). The molecular formula is C21H20ClFN4O4. The number of carbonyl (C=O) groups is 1. The molecule has 1 unspecified atom stereocenters. The molecule has 3 aromatic rings. The van der Waals surface area contributed by atoms with Gasteiger partial charge in [-0.1, -0.05) is 17.7 Å². The highest BCUT2D eigenvalue weighted by atomic mass is 35.5. The summed E-state index contributed by atoms with van der Waals surface area (Å²) >= 11 is 5.87. The van der Waals surface area contributed by atoms with Crippen LogP contribution in [0.1, 0.15) is 6.42 Å². The summed E-state index contributed by atoms with van der Waals surface area (Å²) in [6.45, 7) is 0.461. The second kappa shape index (κ2) is 8.52. The normalized spacial score (nSPS) is 18.8. The summed E-state index contributed by atoms with van der Waals surface area (Å²) < 4.78 is 25.9. The lowest BCUT2D eigenvalue weighted by Gasteiger charge is -2.17. The number of nitrogens with zero attached hydrogens (tertiary/aromatic N) is 3. The van der Waals surface area contributed by atoms with E-state index in [9.17, 15) is 14.3 Å². The predicted octanol–water partition coefficient (Wildman–Crippen LogP) is 3.71. The zero-order chi connectivity index (χ0) is 22.1. The van der Waals surface area contributed by atoms with Gasteiger partial charge in [0.25, 0.3) is 0 Å². The minimum absolute atomic E-state index is 0.00705. The van der Waals surface area contributed by atoms with Crippen molar-refractivity contribution in [2.24, 2.45) is 0 Å². The fourth-order valence-corrected chi connectivity index (χ4v) is 3.82. The highest BCUT2D eigenvalue weighted by molar-refractivity contribution is 6.31. The first-order valence-electron chi connectivity index (χ1n) is 9.51. The number of carboxylic acid groups (broad SMARTS) is 1. The van der Waals surface area contributed by atoms with Crippen LogP contribution in [0.5, 0.6) is 11.5 Å². The Morgan fingerprint density at radius 1 is 1.32 bits per heavy atom. The Morgan fingerprint density at radius 2 is 2.13 bits per heavy atom. The second-order valence-corrected chi connectivity index (χ2v) is 7.65. The Morgan fingerprint density at radius 3 is 2.84 bits per heavy atom. The largest absolute Gasteiger partial charge is 0.493 e. The minimum atomic E-state index is -0.887. The molecule has 8 nitrogen and oxygen atoms in total. The standard InChI is InChI=1S/C21H20ClFN4O4/c1-27-9-11(6-16(27)21(28)29)31-18-7-12-15(8-17(18)30-2)24-10-25-20(12)26-14-5-3-4-13(22)19(14)23/h3-5,7-8,10-11,16H,6,9H2,1-2H3,(H,28,29)(H,24,25,26)/t11-,16?/m1/s1. The molecule has 0 spiro atoms. The van der Waals surface area contributed by atoms with Crippen molar-refractivity contribution in [3.05, 3.63) is 47.5 Å². The Kier molecular flexibility index (Phi) is 5.79. The molecule has 2 atom stereocenters. The van der Waals surface area contributed by atoms with Crippen LogP contribution in [-0.2, 0) is 4.79 Å². The van der Waals surface area contributed by atoms with Crippen LogP contribution in [0.25, 0.3) is 10.9 Å². The summed E-state index contributed by atoms with van der Waals surface area (Å²) in [6, 6.07) is 7.43. The van der Waals surface area contributed by atoms with Gasteiger partial charge in [-0.3, -0.25) is 9.69 Å². The van der Waals surface area contributed by atoms with Gasteiger partial charge in [-0.05, 0) is 25.2 Å². The predicted molar refractivity (Wildman–Crippen MR) is 114 cm³/mol. The number of rotatable bonds is 6. The number of likely N-dealkylation sites (tertiary alicyclic amines) is 1. The Bertz CT molecular complexity index is 1150. The van der Waals surface area contributed by atoms with Gasteiger partial charge in [0.15, 0.2) is 17.3 Å². The third-order valence-electron chi connectivity index (χ3n) is 5.21. The van der Waals surface area contributed by atoms with E-state index in [4.69, 9.17) is 21.1 Å². The number of anilines is 2. The minimum Gasteiger partial charge on any atom is -0.493 e. The van der Waals surface area contributed by atoms with Gasteiger partial charge in [-0.25, -0.2) is 14.4 Å². The van der Waals surface area contributed by atoms with Crippen LogP contribution in [0.3, 0.4) is 0 Å². The SMILES string of the molecule is COc1cc2ncnc(Nc3cccc(Cl)c3F)c2cc1O[C@@H]1CC(C(=O)O)N(C)C1. The summed E-state index contributed by atoms with van der Waals surface area (Å²) in [5.41, 5.74) is 0.739. The number of aliphatic carboxylic acids is 1. The van der Waals surface area contributed by atoms with E-state index in [1.54, 1.807) is 36.2 Å². The van der Waals surface area contributed by atoms with Gasteiger partial charge >= 0.3 is 5.97 Å². The van der Waals surface area contributed by atoms with Crippen LogP contribution in [0, 0.1) is 5.82 Å². The van der Waals surface area contributed by atoms with Crippen LogP contribution >= 0.6 is 11.6 Å². The van der Waals surface area contributed by atoms with Crippen molar-refractivity contribution >= 4 is 40.0 Å². The van der Waals surface area contributed by atoms with Crippen molar-refractivity contribution in [3.63, 3.8) is 0 Å². The molecule has 162 valence electrons. The highest BCUT2D eigenvalue weighted by Crippen LogP contribution is 2.37. The zero-order valence-corrected chi connectivity index (χ0v) is 17.6. The van der Waals surface area contributed by atoms with Crippen molar-refractivity contribution in [2.75, 3.05) is 26.0 Å². The Labute approximate surface area is 182 Å². The maximum absolute atomic E-state index is 14.4. The van der Waals surface area contributed by atoms with E-state index < -0.39 is 17.8 Å². The fourth-order valence-electron chi connectivity index (χ4n) is 3.65. The number of fused-ring (bicyclic) bond motifs is 1. The lowest BCUT2D eigenvalue weighted by molar-refractivity contribution is -0.141. The Hall–Kier alpha value is -3.17. The van der Waals surface area contributed by atoms with Gasteiger partial charge in [-0.15, -0.1) is 0 Å². The molecule has 0 saturated carbocycles. The summed E-state index contributed by atoms with van der Waals surface area (Å²) in [4.78, 5) is 21.6. The van der Waals surface area contributed by atoms with Gasteiger partial charge < -0.3 is 19.9 Å². The van der Waals surface area contributed by atoms with Gasteiger partial charge in [0, 0.05) is 24.4 Å². The topological polar surface area (TPSA) is 96.8 Å². The van der Waals surface area contributed by atoms with Crippen LogP contribution in [0.15, 0.2) is 36.7 Å². The van der Waals surface area contributed by atoms with E-state index >= 15 is 0 Å². The first-order valence-corrected chi connectivity index (χ1v) is 9.88. The molecule has 31 heavy (non-hydrogen) atoms. The number of halogens is 2. The summed E-state index contributed by atoms with van der Waals surface area (Å²) in [6.07, 6.45) is 1.37. The number of hydrogen-bond donors (Lipinski definition) is 2. The van der Waals surface area contributed by atoms with Crippen molar-refractivity contribution in [3.8, 4) is 11.5 Å². The maximum Gasteiger partial charge on any atom is 0.321 e. The molecule has 0 amide bonds. The number of likely N-dealkylation sites (N-methyl/N-ethyl adjacent to an activating group) is 1. The van der Waals surface area contributed by atoms with E-state index in [0.717, 1.165) is 0 Å². The number of nitrogens with one attached hydrogen (secondary N) is 1. The van der Waals surface area contributed by atoms with Crippen molar-refractivity contribution in [1.29, 1.82) is 0 Å². The number of carboxylic acids is 1. The average molecular weight is 447 g/mol. The van der Waals surface area contributed by atoms with Crippen molar-refractivity contribution in [2.45, 2.75) is 18.6 Å². The second-order valence-electron chi connectivity index (χ2n) is 7.24. The smallest absolute Gasteiger partial charge is 0.321 e. The third-order valence-corrected chi connectivity index (χ3v) is 5.51. The third kappa shape index (κ3) is 4.19. The number of methoxy groups -OCH3 is 1. The van der Waals surface area contributed by atoms with E-state index in [1.807, 2.05) is 0 Å². The van der Waals surface area contributed by atoms with Gasteiger partial charge in [0.1, 0.15) is 24.3 Å². The van der Waals surface area contributed by atoms with Gasteiger partial charge in [0.05, 0.1) is 23.3 Å². The first kappa shape index (κ1) is 21.1. The highest BCUT2D eigenvalue weighted by Gasteiger charge is 2.36. The summed E-state index contributed by atoms with van der Waals surface area (Å²) in [5, 5.41) is 12.9. The number of hydrogen-bond acceptors (Lipinski definition) is 7. The number of aromatic nitrogens is 2. The molecule has 1 saturated heterocycles. The van der Waals surface area contributed by atoms with Gasteiger partial charge in [-0.2, -0.15) is 0 Å². The maximum atomic E-state index is 14.4. The van der Waals surface area contributed by atoms with E-state index in [2.05, 4.69) is 15.3 Å². The molecule has 10 heteroatoms. The lowest BCUT2D eigenvalue weighted by atomic mass is 10.1. The van der Waals surface area contributed by atoms with Crippen molar-refractivity contribution in [1.82, 2.24) is 14.9 Å². The molecule has 2 aromatic carbocycles. The fraction of sp³-hybridized carbons (Fsp3) is 0.286. The molecule has 0 bridgehead atoms. The average Bonchev–Trinajstić information content (AvgIpc) is 3.11. The molecule has 1 aromatic heterocycles. The summed E-state index contributed by atoms with van der Waals surface area (Å²) in [5.74, 6) is -0.237. The number of benzene rings is 2. The van der Waals surface area contributed by atoms with E-state index in [0.29, 0.717) is 41.2 Å². The molecule has 0 aliphatic carbocycles. The van der Waals surface area contributed by atoms with Gasteiger partial charge in [0.2, 0.25) is 0 Å². The molecular weight excluding hydrogens is 427 g/mol. The molecule has 0 radical (unpaired) electrons. The zero-order valence-electron chi connectivity index (χ0n) is 16.8. The number of ether oxygens (including phenoxy) is 2. The van der Waals surface area contributed by atoms with Crippen LogP contribution in [0.4, 0.5) is 15.9 Å². The Balaban J connectivity index is 1.69. The monoisotopic (exact) mass is 446 g/mol. The van der Waals surface area contributed by atoms with Crippen LogP contribution in [0.2, 0.25) is 5.02 Å². The van der Waals surface area contributed by atoms with E-state index in [-0.39, 0.29) is 16.8 Å². The van der Waals surface area contributed by atoms with Crippen LogP contribution < -0.4 is 14.8 Å².